The van der Waals surface area contributed by atoms with Crippen molar-refractivity contribution in [3.8, 4) is 18.2 Å². The van der Waals surface area contributed by atoms with Crippen LogP contribution < -0.4 is 0 Å². The Morgan fingerprint density at radius 1 is 1.13 bits per heavy atom. The van der Waals surface area contributed by atoms with Crippen molar-refractivity contribution in [1.82, 2.24) is 0 Å². The van der Waals surface area contributed by atoms with E-state index in [0.29, 0.717) is 18.4 Å². The van der Waals surface area contributed by atoms with E-state index in [-0.39, 0.29) is 27.3 Å². The molecule has 1 N–H and O–H groups in total. The van der Waals surface area contributed by atoms with Gasteiger partial charge in [0.05, 0.1) is 34.2 Å². The van der Waals surface area contributed by atoms with Crippen molar-refractivity contribution in [3.05, 3.63) is 33.8 Å². The average Bonchev–Trinajstić information content (AvgIpc) is 2.93. The Morgan fingerprint density at radius 3 is 2.39 bits per heavy atom. The molecule has 4 rings (SSSR count). The minimum absolute atomic E-state index is 0.0467. The van der Waals surface area contributed by atoms with Gasteiger partial charge in [0.1, 0.15) is 6.10 Å². The lowest BCUT2D eigenvalue weighted by atomic mass is 9.49. The molecule has 5 atom stereocenters. The van der Waals surface area contributed by atoms with E-state index >= 15 is 0 Å². The molecule has 1 saturated carbocycles. The Kier molecular flexibility index (Phi) is 4.84. The van der Waals surface area contributed by atoms with Crippen molar-refractivity contribution in [2.75, 3.05) is 0 Å². The lowest BCUT2D eigenvalue weighted by molar-refractivity contribution is -0.301. The molecule has 3 fully saturated rings. The van der Waals surface area contributed by atoms with Gasteiger partial charge in [0, 0.05) is 12.0 Å². The van der Waals surface area contributed by atoms with Crippen molar-refractivity contribution in [3.63, 3.8) is 0 Å². The van der Waals surface area contributed by atoms with Gasteiger partial charge in [0.25, 0.3) is 0 Å². The van der Waals surface area contributed by atoms with Crippen LogP contribution in [-0.2, 0) is 9.47 Å². The van der Waals surface area contributed by atoms with E-state index in [1.54, 1.807) is 18.2 Å². The highest BCUT2D eigenvalue weighted by molar-refractivity contribution is 6.42. The predicted molar refractivity (Wildman–Crippen MR) is 114 cm³/mol. The lowest BCUT2D eigenvalue weighted by Gasteiger charge is -2.54. The standard InChI is InChI=1S/C23H22Cl2N4O2/c1-20(2,3)13-7-8-23-16(9-13)22(12-28,19(29)31-23)21(10-26,11-27)18(30-23)14-5-4-6-15(24)17(14)25/h4-6,13,16,18,29H,7-9H2,1-3H3. The van der Waals surface area contributed by atoms with Crippen molar-refractivity contribution in [2.45, 2.75) is 51.9 Å². The number of nitriles is 3. The van der Waals surface area contributed by atoms with Crippen LogP contribution in [0.2, 0.25) is 10.0 Å². The highest BCUT2D eigenvalue weighted by Crippen LogP contribution is 2.71. The first-order valence-corrected chi connectivity index (χ1v) is 10.9. The summed E-state index contributed by atoms with van der Waals surface area (Å²) in [6.45, 7) is 6.38. The van der Waals surface area contributed by atoms with E-state index in [4.69, 9.17) is 38.1 Å². The largest absolute Gasteiger partial charge is 0.447 e. The molecule has 0 aromatic heterocycles. The van der Waals surface area contributed by atoms with Gasteiger partial charge in [-0.05, 0) is 30.2 Å². The Bertz CT molecular complexity index is 1080. The Morgan fingerprint density at radius 2 is 1.81 bits per heavy atom. The van der Waals surface area contributed by atoms with Crippen LogP contribution in [0.4, 0.5) is 0 Å². The van der Waals surface area contributed by atoms with E-state index in [9.17, 15) is 15.8 Å². The topological polar surface area (TPSA) is 114 Å². The van der Waals surface area contributed by atoms with Crippen LogP contribution in [0.25, 0.3) is 0 Å². The molecule has 2 saturated heterocycles. The average molecular weight is 457 g/mol. The molecule has 0 spiro atoms. The maximum atomic E-state index is 10.5. The second kappa shape index (κ2) is 6.85. The fourth-order valence-electron chi connectivity index (χ4n) is 5.63. The van der Waals surface area contributed by atoms with Crippen LogP contribution in [0, 0.1) is 67.5 Å². The smallest absolute Gasteiger partial charge is 0.217 e. The fourth-order valence-corrected chi connectivity index (χ4v) is 6.03. The van der Waals surface area contributed by atoms with Crippen LogP contribution in [0.5, 0.6) is 0 Å². The second-order valence-corrected chi connectivity index (χ2v) is 10.5. The molecule has 1 aromatic rings. The molecule has 2 aliphatic heterocycles. The molecule has 0 amide bonds. The summed E-state index contributed by atoms with van der Waals surface area (Å²) in [5.74, 6) is -2.04. The molecule has 6 nitrogen and oxygen atoms in total. The Hall–Kier alpha value is -2.30. The maximum Gasteiger partial charge on any atom is 0.217 e. The van der Waals surface area contributed by atoms with E-state index < -0.39 is 28.6 Å². The number of halogens is 2. The fraction of sp³-hybridized carbons (Fsp3) is 0.565. The van der Waals surface area contributed by atoms with E-state index in [0.717, 1.165) is 6.42 Å². The lowest BCUT2D eigenvalue weighted by Crippen LogP contribution is -2.61. The molecule has 31 heavy (non-hydrogen) atoms. The van der Waals surface area contributed by atoms with E-state index in [2.05, 4.69) is 39.0 Å². The summed E-state index contributed by atoms with van der Waals surface area (Å²) in [7, 11) is 0. The van der Waals surface area contributed by atoms with Gasteiger partial charge in [0.15, 0.2) is 5.41 Å². The van der Waals surface area contributed by atoms with Crippen LogP contribution in [-0.4, -0.2) is 11.7 Å². The number of benzene rings is 1. The van der Waals surface area contributed by atoms with Gasteiger partial charge >= 0.3 is 0 Å². The molecular formula is C23H22Cl2N4O2. The predicted octanol–water partition coefficient (Wildman–Crippen LogP) is 5.77. The summed E-state index contributed by atoms with van der Waals surface area (Å²) in [5.41, 5.74) is -3.52. The third kappa shape index (κ3) is 2.61. The van der Waals surface area contributed by atoms with Gasteiger partial charge in [-0.3, -0.25) is 5.41 Å². The highest BCUT2D eigenvalue weighted by Gasteiger charge is 2.81. The first kappa shape index (κ1) is 21.9. The minimum atomic E-state index is -2.03. The zero-order valence-corrected chi connectivity index (χ0v) is 19.0. The van der Waals surface area contributed by atoms with Crippen molar-refractivity contribution in [1.29, 1.82) is 21.2 Å². The molecule has 3 aliphatic rings. The van der Waals surface area contributed by atoms with E-state index in [1.165, 1.54) is 0 Å². The summed E-state index contributed by atoms with van der Waals surface area (Å²) in [6.07, 6.45) is 0.545. The molecule has 2 heterocycles. The monoisotopic (exact) mass is 456 g/mol. The zero-order chi connectivity index (χ0) is 22.8. The normalized spacial score (nSPS) is 35.8. The van der Waals surface area contributed by atoms with Crippen molar-refractivity contribution in [2.24, 2.45) is 28.1 Å². The quantitative estimate of drug-likeness (QED) is 0.575. The molecule has 8 heteroatoms. The van der Waals surface area contributed by atoms with Gasteiger partial charge in [-0.1, -0.05) is 56.1 Å². The van der Waals surface area contributed by atoms with Crippen molar-refractivity contribution < 1.29 is 9.47 Å². The molecule has 0 radical (unpaired) electrons. The number of nitrogens with zero attached hydrogens (tertiary/aromatic N) is 3. The highest BCUT2D eigenvalue weighted by atomic mass is 35.5. The summed E-state index contributed by atoms with van der Waals surface area (Å²) in [4.78, 5) is 0. The molecule has 160 valence electrons. The van der Waals surface area contributed by atoms with Crippen LogP contribution in [0.15, 0.2) is 18.2 Å². The molecule has 2 bridgehead atoms. The van der Waals surface area contributed by atoms with Gasteiger partial charge in [-0.2, -0.15) is 15.8 Å². The van der Waals surface area contributed by atoms with Gasteiger partial charge in [0.2, 0.25) is 17.1 Å². The Labute approximate surface area is 191 Å². The van der Waals surface area contributed by atoms with Crippen LogP contribution in [0.3, 0.4) is 0 Å². The van der Waals surface area contributed by atoms with Crippen LogP contribution >= 0.6 is 23.2 Å². The van der Waals surface area contributed by atoms with Crippen LogP contribution in [0.1, 0.15) is 51.7 Å². The number of hydrogen-bond acceptors (Lipinski definition) is 6. The van der Waals surface area contributed by atoms with Gasteiger partial charge in [-0.15, -0.1) is 0 Å². The number of ether oxygens (including phenoxy) is 2. The minimum Gasteiger partial charge on any atom is -0.447 e. The molecule has 5 unspecified atom stereocenters. The summed E-state index contributed by atoms with van der Waals surface area (Å²) in [5, 5.41) is 40.2. The SMILES string of the molecule is CC(C)(C)C1CCC23OC(=N)C(C#N)(C2C1)C(C#N)(C#N)C(c1cccc(Cl)c1Cl)O3. The van der Waals surface area contributed by atoms with Crippen molar-refractivity contribution >= 4 is 29.1 Å². The first-order chi connectivity index (χ1) is 14.5. The first-order valence-electron chi connectivity index (χ1n) is 10.2. The second-order valence-electron chi connectivity index (χ2n) is 9.73. The maximum absolute atomic E-state index is 10.5. The van der Waals surface area contributed by atoms with Gasteiger partial charge < -0.3 is 9.47 Å². The number of hydrogen-bond donors (Lipinski definition) is 1. The zero-order valence-electron chi connectivity index (χ0n) is 17.5. The molecule has 1 aliphatic carbocycles. The third-order valence-electron chi connectivity index (χ3n) is 7.40. The number of rotatable bonds is 1. The number of nitrogens with one attached hydrogen (secondary N) is 1. The van der Waals surface area contributed by atoms with Gasteiger partial charge in [-0.25, -0.2) is 0 Å². The summed E-state index contributed by atoms with van der Waals surface area (Å²) < 4.78 is 12.4. The summed E-state index contributed by atoms with van der Waals surface area (Å²) >= 11 is 12.7. The summed E-state index contributed by atoms with van der Waals surface area (Å²) in [6, 6.07) is 11.2. The molecular weight excluding hydrogens is 435 g/mol. The Balaban J connectivity index is 1.98. The third-order valence-corrected chi connectivity index (χ3v) is 8.23. The molecule has 1 aromatic carbocycles. The van der Waals surface area contributed by atoms with E-state index in [1.807, 2.05) is 0 Å².